The molecule has 1 aliphatic carbocycles. The van der Waals surface area contributed by atoms with E-state index in [9.17, 15) is 0 Å². The predicted molar refractivity (Wildman–Crippen MR) is 108 cm³/mol. The first-order valence-corrected chi connectivity index (χ1v) is 8.69. The SMILES string of the molecule is C1=C(c2ccccc2)C=C(c2ccccc2)C=C(c2ccccc2)C1. The van der Waals surface area contributed by atoms with Crippen LogP contribution in [0.4, 0.5) is 0 Å². The second-order valence-electron chi connectivity index (χ2n) is 6.23. The predicted octanol–water partition coefficient (Wildman–Crippen LogP) is 6.64. The van der Waals surface area contributed by atoms with Gasteiger partial charge in [-0.3, -0.25) is 0 Å². The summed E-state index contributed by atoms with van der Waals surface area (Å²) in [5.41, 5.74) is 7.68. The van der Waals surface area contributed by atoms with E-state index in [-0.39, 0.29) is 0 Å². The highest BCUT2D eigenvalue weighted by atomic mass is 14.1. The van der Waals surface area contributed by atoms with Crippen LogP contribution in [-0.4, -0.2) is 0 Å². The molecule has 0 saturated carbocycles. The van der Waals surface area contributed by atoms with Crippen LogP contribution in [0.2, 0.25) is 0 Å². The lowest BCUT2D eigenvalue weighted by atomic mass is 9.98. The second kappa shape index (κ2) is 7.19. The van der Waals surface area contributed by atoms with Gasteiger partial charge in [-0.15, -0.1) is 0 Å². The maximum Gasteiger partial charge on any atom is -0.00821 e. The van der Waals surface area contributed by atoms with Crippen molar-refractivity contribution in [2.75, 3.05) is 0 Å². The molecule has 0 nitrogen and oxygen atoms in total. The molecule has 0 aliphatic heterocycles. The van der Waals surface area contributed by atoms with E-state index >= 15 is 0 Å². The van der Waals surface area contributed by atoms with Crippen molar-refractivity contribution >= 4 is 16.7 Å². The van der Waals surface area contributed by atoms with Crippen molar-refractivity contribution in [1.29, 1.82) is 0 Å². The molecule has 0 N–H and O–H groups in total. The Bertz CT molecular complexity index is 927. The van der Waals surface area contributed by atoms with Gasteiger partial charge in [0.15, 0.2) is 0 Å². The Kier molecular flexibility index (Phi) is 4.43. The largest absolute Gasteiger partial charge is 0.0722 e. The zero-order valence-electron chi connectivity index (χ0n) is 14.1. The molecular formula is C25H20. The highest BCUT2D eigenvalue weighted by Crippen LogP contribution is 2.32. The molecule has 0 fully saturated rings. The summed E-state index contributed by atoms with van der Waals surface area (Å²) in [4.78, 5) is 0. The van der Waals surface area contributed by atoms with Crippen LogP contribution < -0.4 is 0 Å². The highest BCUT2D eigenvalue weighted by molar-refractivity contribution is 5.94. The first-order chi connectivity index (χ1) is 12.4. The summed E-state index contributed by atoms with van der Waals surface area (Å²) in [5, 5.41) is 0. The minimum absolute atomic E-state index is 0.932. The third-order valence-electron chi connectivity index (χ3n) is 4.54. The van der Waals surface area contributed by atoms with Gasteiger partial charge < -0.3 is 0 Å². The van der Waals surface area contributed by atoms with Crippen molar-refractivity contribution in [3.8, 4) is 0 Å². The van der Waals surface area contributed by atoms with Crippen molar-refractivity contribution in [2.24, 2.45) is 0 Å². The third-order valence-corrected chi connectivity index (χ3v) is 4.54. The summed E-state index contributed by atoms with van der Waals surface area (Å²) in [7, 11) is 0. The van der Waals surface area contributed by atoms with E-state index in [0.717, 1.165) is 6.42 Å². The number of hydrogen-bond donors (Lipinski definition) is 0. The van der Waals surface area contributed by atoms with E-state index in [0.29, 0.717) is 0 Å². The molecule has 0 unspecified atom stereocenters. The fourth-order valence-electron chi connectivity index (χ4n) is 3.22. The summed E-state index contributed by atoms with van der Waals surface area (Å²) in [5.74, 6) is 0. The molecule has 4 rings (SSSR count). The quantitative estimate of drug-likeness (QED) is 0.507. The Labute approximate surface area is 149 Å². The molecular weight excluding hydrogens is 300 g/mol. The molecule has 0 heterocycles. The Morgan fingerprint density at radius 1 is 0.440 bits per heavy atom. The van der Waals surface area contributed by atoms with Gasteiger partial charge in [0.2, 0.25) is 0 Å². The van der Waals surface area contributed by atoms with Crippen molar-refractivity contribution in [3.05, 3.63) is 126 Å². The van der Waals surface area contributed by atoms with Crippen LogP contribution in [0.15, 0.2) is 109 Å². The molecule has 0 atom stereocenters. The van der Waals surface area contributed by atoms with Gasteiger partial charge in [-0.25, -0.2) is 0 Å². The molecule has 0 bridgehead atoms. The van der Waals surface area contributed by atoms with Crippen molar-refractivity contribution in [3.63, 3.8) is 0 Å². The first kappa shape index (κ1) is 15.4. The van der Waals surface area contributed by atoms with Crippen LogP contribution >= 0.6 is 0 Å². The summed E-state index contributed by atoms with van der Waals surface area (Å²) < 4.78 is 0. The van der Waals surface area contributed by atoms with Gasteiger partial charge in [-0.05, 0) is 45.9 Å². The van der Waals surface area contributed by atoms with Gasteiger partial charge in [0.25, 0.3) is 0 Å². The number of rotatable bonds is 3. The highest BCUT2D eigenvalue weighted by Gasteiger charge is 2.10. The molecule has 0 amide bonds. The monoisotopic (exact) mass is 320 g/mol. The van der Waals surface area contributed by atoms with Crippen LogP contribution in [0.3, 0.4) is 0 Å². The maximum absolute atomic E-state index is 2.34. The van der Waals surface area contributed by atoms with E-state index in [1.165, 1.54) is 33.4 Å². The molecule has 0 saturated heterocycles. The van der Waals surface area contributed by atoms with Gasteiger partial charge in [0, 0.05) is 0 Å². The first-order valence-electron chi connectivity index (χ1n) is 8.69. The summed E-state index contributed by atoms with van der Waals surface area (Å²) in [6.45, 7) is 0. The summed E-state index contributed by atoms with van der Waals surface area (Å²) in [6, 6.07) is 31.9. The molecule has 3 aromatic carbocycles. The van der Waals surface area contributed by atoms with Gasteiger partial charge >= 0.3 is 0 Å². The fraction of sp³-hybridized carbons (Fsp3) is 0.0400. The van der Waals surface area contributed by atoms with E-state index in [4.69, 9.17) is 0 Å². The lowest BCUT2D eigenvalue weighted by Crippen LogP contribution is -1.85. The molecule has 0 heteroatoms. The van der Waals surface area contributed by atoms with Gasteiger partial charge in [-0.1, -0.05) is 103 Å². The van der Waals surface area contributed by atoms with Crippen LogP contribution in [0.5, 0.6) is 0 Å². The molecule has 0 radical (unpaired) electrons. The molecule has 1 aliphatic rings. The number of benzene rings is 3. The lowest BCUT2D eigenvalue weighted by Gasteiger charge is -2.07. The smallest absolute Gasteiger partial charge is 0.00821 e. The standard InChI is InChI=1S/C25H20/c1-4-10-20(11-5-1)23-16-17-24(21-12-6-2-7-13-21)19-25(18-23)22-14-8-3-9-15-22/h1-16,18-19H,17H2. The fourth-order valence-corrected chi connectivity index (χ4v) is 3.22. The van der Waals surface area contributed by atoms with Crippen LogP contribution in [0.25, 0.3) is 16.7 Å². The minimum atomic E-state index is 0.932. The molecule has 3 aromatic rings. The van der Waals surface area contributed by atoms with Gasteiger partial charge in [0.05, 0.1) is 0 Å². The Hall–Kier alpha value is -3.12. The zero-order valence-corrected chi connectivity index (χ0v) is 14.1. The molecule has 25 heavy (non-hydrogen) atoms. The molecule has 120 valence electrons. The van der Waals surface area contributed by atoms with Crippen molar-refractivity contribution in [1.82, 2.24) is 0 Å². The van der Waals surface area contributed by atoms with E-state index in [1.807, 2.05) is 0 Å². The Balaban J connectivity index is 1.82. The average molecular weight is 320 g/mol. The van der Waals surface area contributed by atoms with Crippen molar-refractivity contribution < 1.29 is 0 Å². The van der Waals surface area contributed by atoms with Crippen molar-refractivity contribution in [2.45, 2.75) is 6.42 Å². The van der Waals surface area contributed by atoms with E-state index in [2.05, 4.69) is 109 Å². The number of allylic oxidation sites excluding steroid dienone is 6. The molecule has 0 spiro atoms. The average Bonchev–Trinajstić information content (AvgIpc) is 2.93. The van der Waals surface area contributed by atoms with Gasteiger partial charge in [0.1, 0.15) is 0 Å². The normalized spacial score (nSPS) is 14.2. The third kappa shape index (κ3) is 3.54. The maximum atomic E-state index is 2.34. The molecule has 0 aromatic heterocycles. The Morgan fingerprint density at radius 3 is 1.48 bits per heavy atom. The van der Waals surface area contributed by atoms with Crippen LogP contribution in [0.1, 0.15) is 23.1 Å². The summed E-state index contributed by atoms with van der Waals surface area (Å²) in [6.07, 6.45) is 7.91. The number of hydrogen-bond acceptors (Lipinski definition) is 0. The van der Waals surface area contributed by atoms with Crippen LogP contribution in [0, 0.1) is 0 Å². The van der Waals surface area contributed by atoms with Gasteiger partial charge in [-0.2, -0.15) is 0 Å². The lowest BCUT2D eigenvalue weighted by molar-refractivity contribution is 1.40. The summed E-state index contributed by atoms with van der Waals surface area (Å²) >= 11 is 0. The van der Waals surface area contributed by atoms with Crippen LogP contribution in [-0.2, 0) is 0 Å². The topological polar surface area (TPSA) is 0 Å². The Morgan fingerprint density at radius 2 is 0.920 bits per heavy atom. The van der Waals surface area contributed by atoms with E-state index < -0.39 is 0 Å². The van der Waals surface area contributed by atoms with E-state index in [1.54, 1.807) is 0 Å². The second-order valence-corrected chi connectivity index (χ2v) is 6.23. The zero-order chi connectivity index (χ0) is 16.9. The minimum Gasteiger partial charge on any atom is -0.0722 e.